The SMILES string of the molecule is CNc1nc(SCC2COC2)c(C#N)c(-c2ccc(OCCO)cc2)c1C#N. The van der Waals surface area contributed by atoms with Crippen LogP contribution in [0, 0.1) is 28.6 Å². The predicted molar refractivity (Wildman–Crippen MR) is 106 cm³/mol. The van der Waals surface area contributed by atoms with Gasteiger partial charge in [-0.1, -0.05) is 12.1 Å². The molecule has 1 aliphatic rings. The van der Waals surface area contributed by atoms with Gasteiger partial charge in [0.1, 0.15) is 40.9 Å². The first-order chi connectivity index (χ1) is 13.7. The van der Waals surface area contributed by atoms with Crippen LogP contribution in [0.1, 0.15) is 11.1 Å². The fraction of sp³-hybridized carbons (Fsp3) is 0.350. The lowest BCUT2D eigenvalue weighted by molar-refractivity contribution is -0.0196. The maximum absolute atomic E-state index is 9.84. The molecule has 0 radical (unpaired) electrons. The van der Waals surface area contributed by atoms with Crippen LogP contribution in [-0.2, 0) is 4.74 Å². The minimum absolute atomic E-state index is 0.0680. The van der Waals surface area contributed by atoms with Gasteiger partial charge < -0.3 is 19.9 Å². The molecule has 0 atom stereocenters. The van der Waals surface area contributed by atoms with Crippen molar-refractivity contribution in [3.05, 3.63) is 35.4 Å². The number of thioether (sulfide) groups is 1. The second-order valence-electron chi connectivity index (χ2n) is 6.18. The van der Waals surface area contributed by atoms with Crippen LogP contribution < -0.4 is 10.1 Å². The molecule has 0 aliphatic carbocycles. The standard InChI is InChI=1S/C20H20N4O3S/c1-23-19-16(8-21)18(14-2-4-15(5-3-14)27-7-6-25)17(9-22)20(24-19)28-12-13-10-26-11-13/h2-5,13,25H,6-7,10-12H2,1H3,(H,23,24). The molecule has 3 rings (SSSR count). The van der Waals surface area contributed by atoms with Crippen LogP contribution in [0.4, 0.5) is 5.82 Å². The van der Waals surface area contributed by atoms with Crippen molar-refractivity contribution < 1.29 is 14.6 Å². The summed E-state index contributed by atoms with van der Waals surface area (Å²) in [5.41, 5.74) is 2.02. The van der Waals surface area contributed by atoms with E-state index in [4.69, 9.17) is 14.6 Å². The summed E-state index contributed by atoms with van der Waals surface area (Å²) in [5.74, 6) is 2.32. The van der Waals surface area contributed by atoms with Gasteiger partial charge in [0.15, 0.2) is 0 Å². The van der Waals surface area contributed by atoms with Gasteiger partial charge in [0, 0.05) is 24.3 Å². The molecule has 0 unspecified atom stereocenters. The van der Waals surface area contributed by atoms with Crippen molar-refractivity contribution >= 4 is 17.6 Å². The van der Waals surface area contributed by atoms with Crippen LogP contribution >= 0.6 is 11.8 Å². The monoisotopic (exact) mass is 396 g/mol. The fourth-order valence-electron chi connectivity index (χ4n) is 2.81. The first kappa shape index (κ1) is 20.0. The number of ether oxygens (including phenoxy) is 2. The zero-order valence-electron chi connectivity index (χ0n) is 15.4. The molecule has 1 aromatic heterocycles. The second kappa shape index (κ2) is 9.43. The maximum Gasteiger partial charge on any atom is 0.145 e. The van der Waals surface area contributed by atoms with Gasteiger partial charge in [-0.05, 0) is 17.7 Å². The number of benzene rings is 1. The van der Waals surface area contributed by atoms with Crippen LogP contribution in [0.3, 0.4) is 0 Å². The molecule has 28 heavy (non-hydrogen) atoms. The van der Waals surface area contributed by atoms with E-state index >= 15 is 0 Å². The molecule has 144 valence electrons. The average molecular weight is 396 g/mol. The third-order valence-electron chi connectivity index (χ3n) is 4.29. The van der Waals surface area contributed by atoms with E-state index in [-0.39, 0.29) is 13.2 Å². The number of pyridine rings is 1. The Kier molecular flexibility index (Phi) is 6.72. The van der Waals surface area contributed by atoms with Gasteiger partial charge in [-0.2, -0.15) is 10.5 Å². The highest BCUT2D eigenvalue weighted by Crippen LogP contribution is 2.37. The average Bonchev–Trinajstić information content (AvgIpc) is 2.70. The molecule has 2 N–H and O–H groups in total. The van der Waals surface area contributed by atoms with E-state index in [0.717, 1.165) is 24.5 Å². The summed E-state index contributed by atoms with van der Waals surface area (Å²) < 4.78 is 10.6. The Morgan fingerprint density at radius 2 is 1.96 bits per heavy atom. The van der Waals surface area contributed by atoms with E-state index in [1.54, 1.807) is 31.3 Å². The molecule has 2 aromatic rings. The molecule has 8 heteroatoms. The van der Waals surface area contributed by atoms with Crippen molar-refractivity contribution in [2.75, 3.05) is 44.5 Å². The Morgan fingerprint density at radius 1 is 1.25 bits per heavy atom. The van der Waals surface area contributed by atoms with E-state index in [0.29, 0.717) is 39.2 Å². The second-order valence-corrected chi connectivity index (χ2v) is 7.18. The third-order valence-corrected chi connectivity index (χ3v) is 5.50. The van der Waals surface area contributed by atoms with Gasteiger partial charge in [0.05, 0.1) is 25.4 Å². The molecular weight excluding hydrogens is 376 g/mol. The largest absolute Gasteiger partial charge is 0.491 e. The van der Waals surface area contributed by atoms with Gasteiger partial charge in [-0.15, -0.1) is 11.8 Å². The zero-order chi connectivity index (χ0) is 19.9. The van der Waals surface area contributed by atoms with E-state index in [1.807, 2.05) is 0 Å². The number of rotatable bonds is 8. The molecule has 0 amide bonds. The van der Waals surface area contributed by atoms with Gasteiger partial charge in [0.2, 0.25) is 0 Å². The number of aromatic nitrogens is 1. The Labute approximate surface area is 167 Å². The molecule has 7 nitrogen and oxygen atoms in total. The number of nitriles is 2. The molecule has 1 aliphatic heterocycles. The number of hydrogen-bond donors (Lipinski definition) is 2. The van der Waals surface area contributed by atoms with Crippen LogP contribution in [0.15, 0.2) is 29.3 Å². The normalized spacial score (nSPS) is 13.3. The summed E-state index contributed by atoms with van der Waals surface area (Å²) in [6.07, 6.45) is 0. The summed E-state index contributed by atoms with van der Waals surface area (Å²) in [7, 11) is 1.71. The predicted octanol–water partition coefficient (Wildman–Crippen LogP) is 2.64. The van der Waals surface area contributed by atoms with Crippen molar-refractivity contribution in [1.29, 1.82) is 10.5 Å². The molecule has 1 fully saturated rings. The van der Waals surface area contributed by atoms with E-state index in [2.05, 4.69) is 22.4 Å². The van der Waals surface area contributed by atoms with Crippen LogP contribution in [0.25, 0.3) is 11.1 Å². The number of aliphatic hydroxyl groups excluding tert-OH is 1. The van der Waals surface area contributed by atoms with Crippen molar-refractivity contribution in [3.63, 3.8) is 0 Å². The van der Waals surface area contributed by atoms with Crippen molar-refractivity contribution in [2.45, 2.75) is 5.03 Å². The fourth-order valence-corrected chi connectivity index (χ4v) is 3.84. The van der Waals surface area contributed by atoms with Gasteiger partial charge in [-0.25, -0.2) is 4.98 Å². The van der Waals surface area contributed by atoms with Crippen LogP contribution in [0.5, 0.6) is 5.75 Å². The van der Waals surface area contributed by atoms with Crippen molar-refractivity contribution in [2.24, 2.45) is 5.92 Å². The lowest BCUT2D eigenvalue weighted by atomic mass is 9.96. The molecule has 0 saturated carbocycles. The summed E-state index contributed by atoms with van der Waals surface area (Å²) in [6.45, 7) is 1.59. The molecule has 1 aromatic carbocycles. The maximum atomic E-state index is 9.84. The number of anilines is 1. The Bertz CT molecular complexity index is 915. The van der Waals surface area contributed by atoms with E-state index < -0.39 is 0 Å². The first-order valence-electron chi connectivity index (χ1n) is 8.82. The van der Waals surface area contributed by atoms with Crippen LogP contribution in [-0.4, -0.2) is 49.3 Å². The quantitative estimate of drug-likeness (QED) is 0.655. The number of nitrogens with one attached hydrogen (secondary N) is 1. The van der Waals surface area contributed by atoms with Crippen molar-refractivity contribution in [3.8, 4) is 29.0 Å². The highest BCUT2D eigenvalue weighted by Gasteiger charge is 2.24. The number of nitrogens with zero attached hydrogens (tertiary/aromatic N) is 3. The third kappa shape index (κ3) is 4.20. The topological polar surface area (TPSA) is 111 Å². The Hall–Kier alpha value is -2.78. The van der Waals surface area contributed by atoms with Gasteiger partial charge >= 0.3 is 0 Å². The summed E-state index contributed by atoms with van der Waals surface area (Å²) in [4.78, 5) is 4.52. The minimum Gasteiger partial charge on any atom is -0.491 e. The Balaban J connectivity index is 2.03. The van der Waals surface area contributed by atoms with Crippen LogP contribution in [0.2, 0.25) is 0 Å². The molecular formula is C20H20N4O3S. The van der Waals surface area contributed by atoms with E-state index in [9.17, 15) is 10.5 Å². The van der Waals surface area contributed by atoms with Crippen molar-refractivity contribution in [1.82, 2.24) is 4.98 Å². The minimum atomic E-state index is -0.0680. The summed E-state index contributed by atoms with van der Waals surface area (Å²) >= 11 is 1.51. The molecule has 2 heterocycles. The lowest BCUT2D eigenvalue weighted by Crippen LogP contribution is -2.29. The first-order valence-corrected chi connectivity index (χ1v) is 9.81. The highest BCUT2D eigenvalue weighted by molar-refractivity contribution is 7.99. The van der Waals surface area contributed by atoms with E-state index in [1.165, 1.54) is 11.8 Å². The highest BCUT2D eigenvalue weighted by atomic mass is 32.2. The smallest absolute Gasteiger partial charge is 0.145 e. The molecule has 0 spiro atoms. The Morgan fingerprint density at radius 3 is 2.50 bits per heavy atom. The molecule has 0 bridgehead atoms. The number of aliphatic hydroxyl groups is 1. The molecule has 1 saturated heterocycles. The number of hydrogen-bond acceptors (Lipinski definition) is 8. The van der Waals surface area contributed by atoms with Gasteiger partial charge in [-0.3, -0.25) is 0 Å². The summed E-state index contributed by atoms with van der Waals surface area (Å²) in [5, 5.41) is 32.0. The summed E-state index contributed by atoms with van der Waals surface area (Å²) in [6, 6.07) is 11.5. The van der Waals surface area contributed by atoms with Gasteiger partial charge in [0.25, 0.3) is 0 Å². The lowest BCUT2D eigenvalue weighted by Gasteiger charge is -2.25. The zero-order valence-corrected chi connectivity index (χ0v) is 16.3.